The summed E-state index contributed by atoms with van der Waals surface area (Å²) in [5.41, 5.74) is 0.375. The molecule has 7 heteroatoms. The molecular weight excluding hydrogens is 370 g/mol. The minimum atomic E-state index is -3.41. The quantitative estimate of drug-likeness (QED) is 0.689. The molecule has 0 aliphatic carbocycles. The summed E-state index contributed by atoms with van der Waals surface area (Å²) in [6.07, 6.45) is 1.40. The molecule has 0 aromatic heterocycles. The number of rotatable bonds is 8. The van der Waals surface area contributed by atoms with Gasteiger partial charge in [0.15, 0.2) is 9.84 Å². The lowest BCUT2D eigenvalue weighted by molar-refractivity contribution is -0.115. The molecule has 0 bridgehead atoms. The van der Waals surface area contributed by atoms with Gasteiger partial charge in [-0.25, -0.2) is 8.42 Å². The van der Waals surface area contributed by atoms with Crippen LogP contribution in [0.4, 0.5) is 5.69 Å². The maximum atomic E-state index is 12.6. The molecule has 124 valence electrons. The highest BCUT2D eigenvalue weighted by Crippen LogP contribution is 2.30. The zero-order valence-electron chi connectivity index (χ0n) is 13.1. The number of anilines is 1. The van der Waals surface area contributed by atoms with Crippen molar-refractivity contribution in [3.05, 3.63) is 18.2 Å². The number of halogens is 1. The van der Waals surface area contributed by atoms with Crippen LogP contribution in [0.15, 0.2) is 23.1 Å². The average molecular weight is 392 g/mol. The molecule has 0 atom stereocenters. The fourth-order valence-electron chi connectivity index (χ4n) is 2.18. The number of benzene rings is 1. The predicted octanol–water partition coefficient (Wildman–Crippen LogP) is 3.38. The van der Waals surface area contributed by atoms with Gasteiger partial charge in [0.05, 0.1) is 22.9 Å². The van der Waals surface area contributed by atoms with Crippen LogP contribution in [0, 0.1) is 0 Å². The zero-order valence-corrected chi connectivity index (χ0v) is 15.5. The summed E-state index contributed by atoms with van der Waals surface area (Å²) in [5, 5.41) is 2.80. The van der Waals surface area contributed by atoms with Crippen molar-refractivity contribution < 1.29 is 17.9 Å². The molecule has 0 spiro atoms. The molecule has 1 amide bonds. The van der Waals surface area contributed by atoms with Crippen molar-refractivity contribution >= 4 is 37.4 Å². The number of nitrogens with one attached hydrogen (secondary N) is 1. The van der Waals surface area contributed by atoms with Gasteiger partial charge in [0, 0.05) is 11.8 Å². The topological polar surface area (TPSA) is 72.5 Å². The van der Waals surface area contributed by atoms with E-state index in [4.69, 9.17) is 4.74 Å². The van der Waals surface area contributed by atoms with Gasteiger partial charge in [0.2, 0.25) is 5.91 Å². The number of hydrogen-bond donors (Lipinski definition) is 1. The molecule has 1 N–H and O–H groups in total. The van der Waals surface area contributed by atoms with E-state index in [1.54, 1.807) is 6.07 Å². The molecule has 0 saturated heterocycles. The Morgan fingerprint density at radius 2 is 1.95 bits per heavy atom. The second-order valence-corrected chi connectivity index (χ2v) is 7.85. The summed E-state index contributed by atoms with van der Waals surface area (Å²) in [6, 6.07) is 4.56. The van der Waals surface area contributed by atoms with Crippen LogP contribution in [0.3, 0.4) is 0 Å². The van der Waals surface area contributed by atoms with E-state index in [0.717, 1.165) is 0 Å². The Morgan fingerprint density at radius 1 is 1.32 bits per heavy atom. The molecule has 5 nitrogen and oxygen atoms in total. The van der Waals surface area contributed by atoms with Crippen LogP contribution >= 0.6 is 15.9 Å². The van der Waals surface area contributed by atoms with Crippen molar-refractivity contribution in [2.45, 2.75) is 43.3 Å². The number of sulfone groups is 1. The first kappa shape index (κ1) is 19.0. The Balaban J connectivity index is 3.22. The monoisotopic (exact) mass is 391 g/mol. The molecule has 0 heterocycles. The van der Waals surface area contributed by atoms with E-state index in [0.29, 0.717) is 36.0 Å². The van der Waals surface area contributed by atoms with Gasteiger partial charge in [-0.2, -0.15) is 0 Å². The first-order valence-electron chi connectivity index (χ1n) is 7.18. The van der Waals surface area contributed by atoms with Gasteiger partial charge in [-0.1, -0.05) is 29.8 Å². The third-order valence-electron chi connectivity index (χ3n) is 3.44. The summed E-state index contributed by atoms with van der Waals surface area (Å²) in [5.74, 6) is 0.235. The van der Waals surface area contributed by atoms with E-state index in [-0.39, 0.29) is 10.8 Å². The summed E-state index contributed by atoms with van der Waals surface area (Å²) in [6.45, 7) is 3.71. The zero-order chi connectivity index (χ0) is 16.8. The van der Waals surface area contributed by atoms with Gasteiger partial charge < -0.3 is 10.1 Å². The fourth-order valence-corrected chi connectivity index (χ4v) is 4.34. The molecule has 0 saturated carbocycles. The molecule has 0 unspecified atom stereocenters. The number of alkyl halides is 1. The van der Waals surface area contributed by atoms with Gasteiger partial charge in [-0.05, 0) is 31.0 Å². The fraction of sp³-hybridized carbons (Fsp3) is 0.533. The van der Waals surface area contributed by atoms with Crippen LogP contribution in [0.5, 0.6) is 5.75 Å². The molecule has 22 heavy (non-hydrogen) atoms. The Bertz CT molecular complexity index is 612. The van der Waals surface area contributed by atoms with Crippen molar-refractivity contribution in [1.29, 1.82) is 0 Å². The molecule has 1 rings (SSSR count). The van der Waals surface area contributed by atoms with Gasteiger partial charge >= 0.3 is 0 Å². The second kappa shape index (κ2) is 8.53. The van der Waals surface area contributed by atoms with Crippen LogP contribution in [0.2, 0.25) is 0 Å². The number of carbonyl (C=O) groups excluding carboxylic acids is 1. The van der Waals surface area contributed by atoms with E-state index in [9.17, 15) is 13.2 Å². The van der Waals surface area contributed by atoms with E-state index in [2.05, 4.69) is 21.2 Å². The van der Waals surface area contributed by atoms with Crippen LogP contribution in [0.1, 0.15) is 33.1 Å². The highest BCUT2D eigenvalue weighted by molar-refractivity contribution is 9.09. The predicted molar refractivity (Wildman–Crippen MR) is 91.6 cm³/mol. The molecule has 1 aromatic rings. The van der Waals surface area contributed by atoms with Gasteiger partial charge in [0.1, 0.15) is 5.75 Å². The molecule has 0 aliphatic rings. The normalized spacial score (nSPS) is 11.5. The third kappa shape index (κ3) is 4.46. The molecular formula is C15H22BrNO4S. The maximum Gasteiger partial charge on any atom is 0.225 e. The average Bonchev–Trinajstić information content (AvgIpc) is 2.48. The molecule has 1 aromatic carbocycles. The van der Waals surface area contributed by atoms with Crippen LogP contribution in [-0.4, -0.2) is 32.0 Å². The lowest BCUT2D eigenvalue weighted by Crippen LogP contribution is -2.20. The molecule has 0 aliphatic heterocycles. The van der Waals surface area contributed by atoms with Crippen molar-refractivity contribution in [2.75, 3.05) is 17.8 Å². The number of carbonyl (C=O) groups is 1. The first-order chi connectivity index (χ1) is 10.4. The Hall–Kier alpha value is -1.08. The molecule has 0 fully saturated rings. The Morgan fingerprint density at radius 3 is 2.45 bits per heavy atom. The van der Waals surface area contributed by atoms with E-state index in [1.165, 1.54) is 19.2 Å². The maximum absolute atomic E-state index is 12.6. The van der Waals surface area contributed by atoms with Crippen LogP contribution < -0.4 is 10.1 Å². The Kier molecular flexibility index (Phi) is 7.35. The lowest BCUT2D eigenvalue weighted by atomic mass is 10.2. The third-order valence-corrected chi connectivity index (χ3v) is 6.30. The van der Waals surface area contributed by atoms with Crippen molar-refractivity contribution in [3.63, 3.8) is 0 Å². The highest BCUT2D eigenvalue weighted by Gasteiger charge is 2.25. The van der Waals surface area contributed by atoms with E-state index in [1.807, 2.05) is 13.8 Å². The summed E-state index contributed by atoms with van der Waals surface area (Å²) < 4.78 is 30.4. The summed E-state index contributed by atoms with van der Waals surface area (Å²) in [7, 11) is -1.94. The smallest absolute Gasteiger partial charge is 0.225 e. The number of hydrogen-bond acceptors (Lipinski definition) is 4. The second-order valence-electron chi connectivity index (χ2n) is 4.83. The van der Waals surface area contributed by atoms with Crippen molar-refractivity contribution in [1.82, 2.24) is 0 Å². The minimum absolute atomic E-state index is 0.202. The first-order valence-corrected chi connectivity index (χ1v) is 9.85. The highest BCUT2D eigenvalue weighted by atomic mass is 79.9. The van der Waals surface area contributed by atoms with Crippen LogP contribution in [-0.2, 0) is 14.6 Å². The Labute approximate surface area is 140 Å². The largest absolute Gasteiger partial charge is 0.495 e. The number of ether oxygens (including phenoxy) is 1. The van der Waals surface area contributed by atoms with Crippen LogP contribution in [0.25, 0.3) is 0 Å². The number of amides is 1. The lowest BCUT2D eigenvalue weighted by Gasteiger charge is -2.16. The van der Waals surface area contributed by atoms with Crippen molar-refractivity contribution in [3.8, 4) is 5.75 Å². The number of methoxy groups -OCH3 is 1. The van der Waals surface area contributed by atoms with Gasteiger partial charge in [0.25, 0.3) is 0 Å². The van der Waals surface area contributed by atoms with E-state index < -0.39 is 15.1 Å². The van der Waals surface area contributed by atoms with Gasteiger partial charge in [-0.15, -0.1) is 0 Å². The minimum Gasteiger partial charge on any atom is -0.495 e. The summed E-state index contributed by atoms with van der Waals surface area (Å²) in [4.78, 5) is 11.9. The van der Waals surface area contributed by atoms with E-state index >= 15 is 0 Å². The molecule has 0 radical (unpaired) electrons. The standard InChI is InChI=1S/C15H22BrNO4S/c1-4-11(5-2)22(19,20)12-6-7-14(21-3)13(10-12)17-15(18)8-9-16/h6-7,10-11H,4-5,8-9H2,1-3H3,(H,17,18). The van der Waals surface area contributed by atoms with Crippen molar-refractivity contribution in [2.24, 2.45) is 0 Å². The SMILES string of the molecule is CCC(CC)S(=O)(=O)c1ccc(OC)c(NC(=O)CCBr)c1. The van der Waals surface area contributed by atoms with Gasteiger partial charge in [-0.3, -0.25) is 4.79 Å². The summed E-state index contributed by atoms with van der Waals surface area (Å²) >= 11 is 3.19.